The van der Waals surface area contributed by atoms with Crippen LogP contribution in [0.2, 0.25) is 0 Å². The molecule has 0 saturated carbocycles. The Morgan fingerprint density at radius 1 is 1.08 bits per heavy atom. The fourth-order valence-electron chi connectivity index (χ4n) is 2.27. The highest BCUT2D eigenvalue weighted by Gasteiger charge is 2.17. The summed E-state index contributed by atoms with van der Waals surface area (Å²) in [4.78, 5) is 22.8. The first-order valence-electron chi connectivity index (χ1n) is 7.50. The van der Waals surface area contributed by atoms with Gasteiger partial charge in [-0.1, -0.05) is 42.2 Å². The predicted molar refractivity (Wildman–Crippen MR) is 89.1 cm³/mol. The Labute approximate surface area is 140 Å². The summed E-state index contributed by atoms with van der Waals surface area (Å²) in [6.07, 6.45) is 0.153. The van der Waals surface area contributed by atoms with Gasteiger partial charge in [0.05, 0.1) is 11.5 Å². The van der Waals surface area contributed by atoms with Gasteiger partial charge in [0.25, 0.3) is 0 Å². The number of esters is 1. The smallest absolute Gasteiger partial charge is 0.308 e. The summed E-state index contributed by atoms with van der Waals surface area (Å²) in [6, 6.07) is 13.1. The van der Waals surface area contributed by atoms with Crippen LogP contribution in [0.15, 0.2) is 48.5 Å². The van der Waals surface area contributed by atoms with Gasteiger partial charge >= 0.3 is 5.97 Å². The number of carbonyl (C=O) groups excluding carboxylic acids is 2. The molecule has 0 amide bonds. The molecule has 3 nitrogen and oxygen atoms in total. The average Bonchev–Trinajstić information content (AvgIpc) is 2.52. The fraction of sp³-hybridized carbons (Fsp3) is 0.200. The van der Waals surface area contributed by atoms with Crippen LogP contribution in [-0.4, -0.2) is 11.8 Å². The van der Waals surface area contributed by atoms with Crippen molar-refractivity contribution in [1.82, 2.24) is 0 Å². The molecule has 2 aromatic rings. The number of hydrogen-bond donors (Lipinski definition) is 0. The number of Topliss-reactive ketones (excluding diaryl/α,β-unsaturated/α-hetero) is 1. The predicted octanol–water partition coefficient (Wildman–Crippen LogP) is 3.87. The first kappa shape index (κ1) is 17.4. The minimum atomic E-state index is -0.488. The van der Waals surface area contributed by atoms with E-state index in [4.69, 9.17) is 4.74 Å². The van der Waals surface area contributed by atoms with Crippen molar-refractivity contribution in [2.75, 3.05) is 0 Å². The molecule has 24 heavy (non-hydrogen) atoms. The van der Waals surface area contributed by atoms with Crippen LogP contribution in [0, 0.1) is 17.7 Å². The first-order chi connectivity index (χ1) is 11.5. The van der Waals surface area contributed by atoms with Gasteiger partial charge in [0.15, 0.2) is 0 Å². The SMILES string of the molecule is CC(=O)CC(C#Cc1ccccc1F)c1ccccc1OC(C)=O. The summed E-state index contributed by atoms with van der Waals surface area (Å²) in [7, 11) is 0. The lowest BCUT2D eigenvalue weighted by Gasteiger charge is -2.14. The summed E-state index contributed by atoms with van der Waals surface area (Å²) in [5, 5.41) is 0. The quantitative estimate of drug-likeness (QED) is 0.487. The van der Waals surface area contributed by atoms with Gasteiger partial charge in [-0.05, 0) is 25.1 Å². The van der Waals surface area contributed by atoms with Gasteiger partial charge in [-0.15, -0.1) is 0 Å². The summed E-state index contributed by atoms with van der Waals surface area (Å²) in [5.74, 6) is 4.66. The van der Waals surface area contributed by atoms with Crippen LogP contribution in [0.3, 0.4) is 0 Å². The Kier molecular flexibility index (Phi) is 5.86. The minimum absolute atomic E-state index is 0.0551. The number of para-hydroxylation sites is 1. The highest BCUT2D eigenvalue weighted by Crippen LogP contribution is 2.29. The summed E-state index contributed by atoms with van der Waals surface area (Å²) >= 11 is 0. The molecular formula is C20H17FO3. The maximum Gasteiger partial charge on any atom is 0.308 e. The largest absolute Gasteiger partial charge is 0.426 e. The lowest BCUT2D eigenvalue weighted by atomic mass is 9.93. The molecule has 122 valence electrons. The Balaban J connectivity index is 2.42. The van der Waals surface area contributed by atoms with E-state index in [2.05, 4.69) is 11.8 Å². The number of ketones is 1. The molecule has 0 aliphatic heterocycles. The van der Waals surface area contributed by atoms with E-state index < -0.39 is 17.7 Å². The highest BCUT2D eigenvalue weighted by atomic mass is 19.1. The number of hydrogen-bond acceptors (Lipinski definition) is 3. The molecule has 0 bridgehead atoms. The molecule has 0 fully saturated rings. The molecule has 0 aromatic heterocycles. The Morgan fingerprint density at radius 3 is 2.42 bits per heavy atom. The fourth-order valence-corrected chi connectivity index (χ4v) is 2.27. The van der Waals surface area contributed by atoms with E-state index in [9.17, 15) is 14.0 Å². The molecule has 1 atom stereocenters. The van der Waals surface area contributed by atoms with Crippen molar-refractivity contribution in [2.45, 2.75) is 26.2 Å². The van der Waals surface area contributed by atoms with Crippen LogP contribution in [-0.2, 0) is 9.59 Å². The van der Waals surface area contributed by atoms with Crippen molar-refractivity contribution in [3.8, 4) is 17.6 Å². The molecule has 0 saturated heterocycles. The van der Waals surface area contributed by atoms with Crippen LogP contribution in [0.25, 0.3) is 0 Å². The van der Waals surface area contributed by atoms with E-state index in [0.717, 1.165) is 0 Å². The molecule has 4 heteroatoms. The summed E-state index contributed by atoms with van der Waals surface area (Å²) in [6.45, 7) is 2.77. The molecule has 0 spiro atoms. The zero-order valence-electron chi connectivity index (χ0n) is 13.5. The molecule has 1 unspecified atom stereocenters. The lowest BCUT2D eigenvalue weighted by Crippen LogP contribution is -2.08. The zero-order valence-corrected chi connectivity index (χ0v) is 13.5. The van der Waals surface area contributed by atoms with Gasteiger partial charge in [0.1, 0.15) is 17.3 Å². The van der Waals surface area contributed by atoms with E-state index in [0.29, 0.717) is 11.3 Å². The lowest BCUT2D eigenvalue weighted by molar-refractivity contribution is -0.131. The number of benzene rings is 2. The van der Waals surface area contributed by atoms with Gasteiger partial charge in [0.2, 0.25) is 0 Å². The minimum Gasteiger partial charge on any atom is -0.426 e. The van der Waals surface area contributed by atoms with Gasteiger partial charge in [-0.2, -0.15) is 0 Å². The van der Waals surface area contributed by atoms with Crippen LogP contribution in [0.5, 0.6) is 5.75 Å². The van der Waals surface area contributed by atoms with Crippen LogP contribution >= 0.6 is 0 Å². The van der Waals surface area contributed by atoms with E-state index in [1.54, 1.807) is 42.5 Å². The molecule has 0 radical (unpaired) electrons. The van der Waals surface area contributed by atoms with E-state index in [-0.39, 0.29) is 17.8 Å². The number of ether oxygens (including phenoxy) is 1. The van der Waals surface area contributed by atoms with Crippen molar-refractivity contribution in [2.24, 2.45) is 0 Å². The third-order valence-corrected chi connectivity index (χ3v) is 3.29. The highest BCUT2D eigenvalue weighted by molar-refractivity contribution is 5.77. The molecule has 0 heterocycles. The maximum atomic E-state index is 13.7. The topological polar surface area (TPSA) is 43.4 Å². The van der Waals surface area contributed by atoms with Gasteiger partial charge in [-0.25, -0.2) is 4.39 Å². The van der Waals surface area contributed by atoms with Crippen molar-refractivity contribution in [1.29, 1.82) is 0 Å². The Hall–Kier alpha value is -2.93. The summed E-state index contributed by atoms with van der Waals surface area (Å²) < 4.78 is 18.9. The van der Waals surface area contributed by atoms with E-state index in [1.165, 1.54) is 19.9 Å². The molecule has 0 N–H and O–H groups in total. The first-order valence-corrected chi connectivity index (χ1v) is 7.50. The van der Waals surface area contributed by atoms with Crippen molar-refractivity contribution >= 4 is 11.8 Å². The number of carbonyl (C=O) groups is 2. The van der Waals surface area contributed by atoms with Gasteiger partial charge in [-0.3, -0.25) is 9.59 Å². The number of rotatable bonds is 4. The van der Waals surface area contributed by atoms with E-state index >= 15 is 0 Å². The molecular weight excluding hydrogens is 307 g/mol. The second-order valence-corrected chi connectivity index (χ2v) is 5.34. The van der Waals surface area contributed by atoms with Crippen LogP contribution in [0.4, 0.5) is 4.39 Å². The molecule has 2 rings (SSSR count). The second kappa shape index (κ2) is 8.07. The van der Waals surface area contributed by atoms with Gasteiger partial charge < -0.3 is 4.74 Å². The maximum absolute atomic E-state index is 13.7. The molecule has 0 aliphatic rings. The zero-order chi connectivity index (χ0) is 17.5. The summed E-state index contributed by atoms with van der Waals surface area (Å²) in [5.41, 5.74) is 0.891. The van der Waals surface area contributed by atoms with Gasteiger partial charge in [0, 0.05) is 18.9 Å². The second-order valence-electron chi connectivity index (χ2n) is 5.34. The third-order valence-electron chi connectivity index (χ3n) is 3.29. The van der Waals surface area contributed by atoms with Crippen LogP contribution in [0.1, 0.15) is 37.3 Å². The standard InChI is InChI=1S/C20H17FO3/c1-14(22)13-17(12-11-16-7-3-5-9-19(16)21)18-8-4-6-10-20(18)24-15(2)23/h3-10,17H,13H2,1-2H3. The van der Waals surface area contributed by atoms with Crippen molar-refractivity contribution in [3.63, 3.8) is 0 Å². The Bertz CT molecular complexity index is 815. The monoisotopic (exact) mass is 324 g/mol. The molecule has 2 aromatic carbocycles. The van der Waals surface area contributed by atoms with Crippen molar-refractivity contribution < 1.29 is 18.7 Å². The third kappa shape index (κ3) is 4.79. The van der Waals surface area contributed by atoms with Crippen LogP contribution < -0.4 is 4.74 Å². The Morgan fingerprint density at radius 2 is 1.75 bits per heavy atom. The van der Waals surface area contributed by atoms with E-state index in [1.807, 2.05) is 0 Å². The number of halogens is 1. The van der Waals surface area contributed by atoms with Crippen molar-refractivity contribution in [3.05, 3.63) is 65.5 Å². The molecule has 0 aliphatic carbocycles. The average molecular weight is 324 g/mol. The normalized spacial score (nSPS) is 11.1.